The van der Waals surface area contributed by atoms with Crippen LogP contribution in [0.25, 0.3) is 0 Å². The number of nitrogens with zero attached hydrogens (tertiary/aromatic N) is 1. The second kappa shape index (κ2) is 8.70. The van der Waals surface area contributed by atoms with E-state index in [1.54, 1.807) is 24.4 Å². The molecular weight excluding hydrogens is 388 g/mol. The molecule has 1 aromatic rings. The quantitative estimate of drug-likeness (QED) is 0.720. The third-order valence-electron chi connectivity index (χ3n) is 5.24. The summed E-state index contributed by atoms with van der Waals surface area (Å²) in [6.07, 6.45) is 4.16. The lowest BCUT2D eigenvalue weighted by molar-refractivity contribution is -0.160. The van der Waals surface area contributed by atoms with E-state index in [1.807, 2.05) is 0 Å². The van der Waals surface area contributed by atoms with E-state index in [-0.39, 0.29) is 31.0 Å². The van der Waals surface area contributed by atoms with Crippen molar-refractivity contribution >= 4 is 33.2 Å². The van der Waals surface area contributed by atoms with E-state index < -0.39 is 22.1 Å². The minimum Gasteiger partial charge on any atom is -0.452 e. The van der Waals surface area contributed by atoms with E-state index in [2.05, 4.69) is 5.32 Å². The van der Waals surface area contributed by atoms with Gasteiger partial charge in [-0.15, -0.1) is 11.3 Å². The highest BCUT2D eigenvalue weighted by Crippen LogP contribution is 2.27. The Hall–Kier alpha value is -1.45. The lowest BCUT2D eigenvalue weighted by atomic mass is 9.98. The van der Waals surface area contributed by atoms with Crippen molar-refractivity contribution in [3.8, 4) is 0 Å². The molecule has 27 heavy (non-hydrogen) atoms. The fourth-order valence-electron chi connectivity index (χ4n) is 3.58. The highest BCUT2D eigenvalue weighted by Gasteiger charge is 2.34. The van der Waals surface area contributed by atoms with Crippen molar-refractivity contribution in [2.24, 2.45) is 5.92 Å². The van der Waals surface area contributed by atoms with Gasteiger partial charge in [-0.3, -0.25) is 9.59 Å². The van der Waals surface area contributed by atoms with Crippen LogP contribution in [-0.4, -0.2) is 49.8 Å². The molecule has 7 nitrogen and oxygen atoms in total. The number of esters is 1. The molecule has 1 aliphatic heterocycles. The van der Waals surface area contributed by atoms with Crippen LogP contribution in [0, 0.1) is 5.92 Å². The summed E-state index contributed by atoms with van der Waals surface area (Å²) >= 11 is 1.19. The highest BCUT2D eigenvalue weighted by molar-refractivity contribution is 7.91. The molecule has 1 aromatic heterocycles. The third kappa shape index (κ3) is 4.89. The van der Waals surface area contributed by atoms with Crippen LogP contribution >= 0.6 is 11.3 Å². The molecule has 1 amide bonds. The van der Waals surface area contributed by atoms with E-state index in [0.29, 0.717) is 17.1 Å². The van der Waals surface area contributed by atoms with Crippen LogP contribution in [0.2, 0.25) is 0 Å². The van der Waals surface area contributed by atoms with Crippen molar-refractivity contribution < 1.29 is 22.7 Å². The van der Waals surface area contributed by atoms with Crippen LogP contribution in [0.1, 0.15) is 45.4 Å². The van der Waals surface area contributed by atoms with Crippen molar-refractivity contribution in [2.75, 3.05) is 13.1 Å². The fraction of sp³-hybridized carbons (Fsp3) is 0.667. The maximum atomic E-state index is 12.5. The Morgan fingerprint density at radius 3 is 2.48 bits per heavy atom. The number of amides is 1. The SMILES string of the molecule is C[C@H](OC(=O)C1CCN(S(=O)(=O)c2cccs2)CC1)C(=O)NC1CCCC1. The molecule has 1 saturated heterocycles. The Kier molecular flexibility index (Phi) is 6.54. The molecule has 1 atom stereocenters. The summed E-state index contributed by atoms with van der Waals surface area (Å²) in [5, 5.41) is 4.66. The average molecular weight is 415 g/mol. The van der Waals surface area contributed by atoms with Crippen molar-refractivity contribution in [2.45, 2.75) is 61.8 Å². The zero-order chi connectivity index (χ0) is 19.4. The van der Waals surface area contributed by atoms with E-state index in [1.165, 1.54) is 15.6 Å². The normalized spacial score (nSPS) is 21.1. The van der Waals surface area contributed by atoms with E-state index >= 15 is 0 Å². The van der Waals surface area contributed by atoms with Crippen LogP contribution in [0.4, 0.5) is 0 Å². The zero-order valence-corrected chi connectivity index (χ0v) is 17.1. The second-order valence-electron chi connectivity index (χ2n) is 7.18. The molecule has 1 saturated carbocycles. The number of rotatable bonds is 6. The summed E-state index contributed by atoms with van der Waals surface area (Å²) in [7, 11) is -3.48. The summed E-state index contributed by atoms with van der Waals surface area (Å²) < 4.78 is 32.1. The zero-order valence-electron chi connectivity index (χ0n) is 15.4. The maximum Gasteiger partial charge on any atom is 0.309 e. The molecule has 0 spiro atoms. The molecule has 150 valence electrons. The fourth-order valence-corrected chi connectivity index (χ4v) is 6.20. The van der Waals surface area contributed by atoms with E-state index in [0.717, 1.165) is 25.7 Å². The first-order valence-electron chi connectivity index (χ1n) is 9.42. The molecule has 2 fully saturated rings. The average Bonchev–Trinajstić information content (AvgIpc) is 3.35. The van der Waals surface area contributed by atoms with Gasteiger partial charge in [-0.1, -0.05) is 18.9 Å². The van der Waals surface area contributed by atoms with Crippen molar-refractivity contribution in [3.05, 3.63) is 17.5 Å². The largest absolute Gasteiger partial charge is 0.452 e. The Labute approximate surface area is 164 Å². The van der Waals surface area contributed by atoms with Crippen LogP contribution < -0.4 is 5.32 Å². The summed E-state index contributed by atoms with van der Waals surface area (Å²) in [6.45, 7) is 2.14. The first-order valence-corrected chi connectivity index (χ1v) is 11.7. The van der Waals surface area contributed by atoms with Crippen LogP contribution in [0.3, 0.4) is 0 Å². The standard InChI is InChI=1S/C18H26N2O5S2/c1-13(17(21)19-15-5-2-3-6-15)25-18(22)14-8-10-20(11-9-14)27(23,24)16-7-4-12-26-16/h4,7,12-15H,2-3,5-6,8-11H2,1H3,(H,19,21)/t13-/m0/s1. The van der Waals surface area contributed by atoms with Crippen molar-refractivity contribution in [1.29, 1.82) is 0 Å². The predicted octanol–water partition coefficient (Wildman–Crippen LogP) is 2.14. The van der Waals surface area contributed by atoms with Crippen molar-refractivity contribution in [1.82, 2.24) is 9.62 Å². The Morgan fingerprint density at radius 1 is 1.22 bits per heavy atom. The molecule has 0 radical (unpaired) electrons. The second-order valence-corrected chi connectivity index (χ2v) is 10.3. The Balaban J connectivity index is 1.47. The minimum absolute atomic E-state index is 0.185. The molecule has 0 bridgehead atoms. The van der Waals surface area contributed by atoms with Gasteiger partial charge in [-0.05, 0) is 44.1 Å². The van der Waals surface area contributed by atoms with Gasteiger partial charge in [0, 0.05) is 19.1 Å². The van der Waals surface area contributed by atoms with E-state index in [4.69, 9.17) is 4.74 Å². The number of sulfonamides is 1. The molecular formula is C18H26N2O5S2. The van der Waals surface area contributed by atoms with Gasteiger partial charge in [0.25, 0.3) is 15.9 Å². The topological polar surface area (TPSA) is 92.8 Å². The van der Waals surface area contributed by atoms with Gasteiger partial charge in [0.2, 0.25) is 0 Å². The smallest absolute Gasteiger partial charge is 0.309 e. The van der Waals surface area contributed by atoms with Gasteiger partial charge >= 0.3 is 5.97 Å². The van der Waals surface area contributed by atoms with Gasteiger partial charge < -0.3 is 10.1 Å². The van der Waals surface area contributed by atoms with Gasteiger partial charge in [-0.25, -0.2) is 8.42 Å². The predicted molar refractivity (Wildman–Crippen MR) is 102 cm³/mol. The summed E-state index contributed by atoms with van der Waals surface area (Å²) in [6, 6.07) is 3.48. The number of nitrogens with one attached hydrogen (secondary N) is 1. The number of hydrogen-bond acceptors (Lipinski definition) is 6. The Morgan fingerprint density at radius 2 is 1.89 bits per heavy atom. The summed E-state index contributed by atoms with van der Waals surface area (Å²) in [5.74, 6) is -1.05. The number of thiophene rings is 1. The lowest BCUT2D eigenvalue weighted by Gasteiger charge is -2.30. The lowest BCUT2D eigenvalue weighted by Crippen LogP contribution is -2.43. The van der Waals surface area contributed by atoms with Gasteiger partial charge in [0.1, 0.15) is 4.21 Å². The minimum atomic E-state index is -3.48. The molecule has 9 heteroatoms. The van der Waals surface area contributed by atoms with Crippen LogP contribution in [-0.2, 0) is 24.3 Å². The molecule has 2 aliphatic rings. The number of carbonyl (C=O) groups is 2. The van der Waals surface area contributed by atoms with Crippen LogP contribution in [0.15, 0.2) is 21.7 Å². The summed E-state index contributed by atoms with van der Waals surface area (Å²) in [4.78, 5) is 24.5. The monoisotopic (exact) mass is 414 g/mol. The molecule has 0 aromatic carbocycles. The van der Waals surface area contributed by atoms with Crippen molar-refractivity contribution in [3.63, 3.8) is 0 Å². The van der Waals surface area contributed by atoms with E-state index in [9.17, 15) is 18.0 Å². The number of hydrogen-bond donors (Lipinski definition) is 1. The van der Waals surface area contributed by atoms with Gasteiger partial charge in [-0.2, -0.15) is 4.31 Å². The molecule has 2 heterocycles. The number of carbonyl (C=O) groups excluding carboxylic acids is 2. The number of ether oxygens (including phenoxy) is 1. The highest BCUT2D eigenvalue weighted by atomic mass is 32.2. The summed E-state index contributed by atoms with van der Waals surface area (Å²) in [5.41, 5.74) is 0. The molecule has 3 rings (SSSR count). The first-order chi connectivity index (χ1) is 12.9. The maximum absolute atomic E-state index is 12.5. The molecule has 0 unspecified atom stereocenters. The molecule has 1 aliphatic carbocycles. The van der Waals surface area contributed by atoms with Gasteiger partial charge in [0.15, 0.2) is 6.10 Å². The Bertz CT molecular complexity index is 749. The number of piperidine rings is 1. The third-order valence-corrected chi connectivity index (χ3v) is 8.51. The van der Waals surface area contributed by atoms with Crippen LogP contribution in [0.5, 0.6) is 0 Å². The molecule has 1 N–H and O–H groups in total. The van der Waals surface area contributed by atoms with Gasteiger partial charge in [0.05, 0.1) is 5.92 Å². The first kappa shape index (κ1) is 20.3.